The first kappa shape index (κ1) is 14.6. The normalized spacial score (nSPS) is 10.4. The number of ether oxygens (including phenoxy) is 1. The molecule has 0 amide bonds. The maximum atomic E-state index is 10.8. The van der Waals surface area contributed by atoms with Gasteiger partial charge in [0.05, 0.1) is 0 Å². The average molecular weight is 250 g/mol. The molecule has 0 aromatic heterocycles. The number of carboxylic acid groups (broad SMARTS) is 1. The van der Waals surface area contributed by atoms with E-state index in [0.29, 0.717) is 5.75 Å². The molecule has 18 heavy (non-hydrogen) atoms. The summed E-state index contributed by atoms with van der Waals surface area (Å²) in [6, 6.07) is 1.89. The summed E-state index contributed by atoms with van der Waals surface area (Å²) in [5, 5.41) is 8.82. The van der Waals surface area contributed by atoms with Gasteiger partial charge >= 0.3 is 6.16 Å². The molecule has 0 radical (unpaired) electrons. The SMILES string of the molecule is CCc1cc(OC(=O)O)c(CC)c(CC)c1CC. The molecular formula is C15H22O3. The quantitative estimate of drug-likeness (QED) is 0.634. The van der Waals surface area contributed by atoms with Crippen molar-refractivity contribution in [3.05, 3.63) is 28.3 Å². The summed E-state index contributed by atoms with van der Waals surface area (Å²) >= 11 is 0. The summed E-state index contributed by atoms with van der Waals surface area (Å²) in [6.45, 7) is 8.38. The highest BCUT2D eigenvalue weighted by molar-refractivity contribution is 5.63. The molecule has 0 aliphatic carbocycles. The zero-order valence-corrected chi connectivity index (χ0v) is 11.7. The lowest BCUT2D eigenvalue weighted by molar-refractivity contribution is 0.144. The third kappa shape index (κ3) is 2.84. The van der Waals surface area contributed by atoms with Crippen LogP contribution in [0.2, 0.25) is 0 Å². The lowest BCUT2D eigenvalue weighted by Gasteiger charge is -2.19. The number of aryl methyl sites for hydroxylation is 1. The predicted octanol–water partition coefficient (Wildman–Crippen LogP) is 3.99. The Bertz CT molecular complexity index is 436. The van der Waals surface area contributed by atoms with Crippen molar-refractivity contribution in [3.63, 3.8) is 0 Å². The molecule has 1 aromatic carbocycles. The van der Waals surface area contributed by atoms with Crippen molar-refractivity contribution in [2.45, 2.75) is 53.4 Å². The van der Waals surface area contributed by atoms with Crippen molar-refractivity contribution >= 4 is 6.16 Å². The molecule has 100 valence electrons. The van der Waals surface area contributed by atoms with Crippen LogP contribution in [0.3, 0.4) is 0 Å². The highest BCUT2D eigenvalue weighted by Crippen LogP contribution is 2.31. The fourth-order valence-corrected chi connectivity index (χ4v) is 2.61. The first-order chi connectivity index (χ1) is 8.58. The maximum Gasteiger partial charge on any atom is 0.511 e. The average Bonchev–Trinajstić information content (AvgIpc) is 2.36. The molecule has 1 rings (SSSR count). The number of hydrogen-bond acceptors (Lipinski definition) is 2. The molecule has 3 nitrogen and oxygen atoms in total. The molecule has 0 saturated heterocycles. The topological polar surface area (TPSA) is 46.5 Å². The van der Waals surface area contributed by atoms with Crippen molar-refractivity contribution in [2.75, 3.05) is 0 Å². The van der Waals surface area contributed by atoms with Crippen molar-refractivity contribution < 1.29 is 14.6 Å². The first-order valence-corrected chi connectivity index (χ1v) is 6.66. The van der Waals surface area contributed by atoms with Crippen LogP contribution in [-0.4, -0.2) is 11.3 Å². The minimum atomic E-state index is -1.24. The molecule has 0 heterocycles. The van der Waals surface area contributed by atoms with E-state index >= 15 is 0 Å². The molecule has 0 saturated carbocycles. The van der Waals surface area contributed by atoms with E-state index in [1.54, 1.807) is 0 Å². The summed E-state index contributed by atoms with van der Waals surface area (Å²) in [5.41, 5.74) is 4.85. The van der Waals surface area contributed by atoms with Gasteiger partial charge in [0.15, 0.2) is 0 Å². The van der Waals surface area contributed by atoms with Crippen molar-refractivity contribution in [2.24, 2.45) is 0 Å². The zero-order chi connectivity index (χ0) is 13.7. The Labute approximate surface area is 109 Å². The Balaban J connectivity index is 3.47. The Morgan fingerprint density at radius 2 is 1.56 bits per heavy atom. The zero-order valence-electron chi connectivity index (χ0n) is 11.7. The summed E-state index contributed by atoms with van der Waals surface area (Å²) in [5.74, 6) is 0.510. The van der Waals surface area contributed by atoms with E-state index in [2.05, 4.69) is 20.8 Å². The smallest absolute Gasteiger partial charge is 0.449 e. The van der Waals surface area contributed by atoms with Gasteiger partial charge in [0.25, 0.3) is 0 Å². The van der Waals surface area contributed by atoms with E-state index < -0.39 is 6.16 Å². The van der Waals surface area contributed by atoms with E-state index in [9.17, 15) is 4.79 Å². The van der Waals surface area contributed by atoms with Gasteiger partial charge in [-0.15, -0.1) is 0 Å². The van der Waals surface area contributed by atoms with E-state index in [1.807, 2.05) is 13.0 Å². The van der Waals surface area contributed by atoms with Crippen molar-refractivity contribution in [1.29, 1.82) is 0 Å². The van der Waals surface area contributed by atoms with Gasteiger partial charge in [0.1, 0.15) is 5.75 Å². The molecule has 0 bridgehead atoms. The largest absolute Gasteiger partial charge is 0.511 e. The minimum absolute atomic E-state index is 0.510. The fraction of sp³-hybridized carbons (Fsp3) is 0.533. The highest BCUT2D eigenvalue weighted by atomic mass is 16.7. The van der Waals surface area contributed by atoms with E-state index in [0.717, 1.165) is 31.2 Å². The van der Waals surface area contributed by atoms with Gasteiger partial charge in [-0.25, -0.2) is 4.79 Å². The van der Waals surface area contributed by atoms with Crippen LogP contribution in [0.25, 0.3) is 0 Å². The lowest BCUT2D eigenvalue weighted by atomic mass is 9.89. The van der Waals surface area contributed by atoms with Crippen LogP contribution in [0.15, 0.2) is 6.07 Å². The summed E-state index contributed by atoms with van der Waals surface area (Å²) < 4.78 is 4.94. The van der Waals surface area contributed by atoms with E-state index in [1.165, 1.54) is 16.7 Å². The van der Waals surface area contributed by atoms with Crippen LogP contribution in [-0.2, 0) is 25.7 Å². The van der Waals surface area contributed by atoms with Gasteiger partial charge in [-0.3, -0.25) is 0 Å². The Hall–Kier alpha value is -1.51. The second-order valence-electron chi connectivity index (χ2n) is 4.25. The Morgan fingerprint density at radius 3 is 1.94 bits per heavy atom. The van der Waals surface area contributed by atoms with Gasteiger partial charge < -0.3 is 9.84 Å². The summed E-state index contributed by atoms with van der Waals surface area (Å²) in [6.07, 6.45) is 2.35. The second-order valence-corrected chi connectivity index (χ2v) is 4.25. The molecule has 0 aliphatic heterocycles. The van der Waals surface area contributed by atoms with Crippen LogP contribution in [0, 0.1) is 0 Å². The summed E-state index contributed by atoms with van der Waals surface area (Å²) in [7, 11) is 0. The van der Waals surface area contributed by atoms with Crippen LogP contribution in [0.1, 0.15) is 49.9 Å². The maximum absolute atomic E-state index is 10.8. The highest BCUT2D eigenvalue weighted by Gasteiger charge is 2.16. The van der Waals surface area contributed by atoms with Gasteiger partial charge in [0, 0.05) is 0 Å². The molecule has 3 heteroatoms. The van der Waals surface area contributed by atoms with Crippen LogP contribution in [0.5, 0.6) is 5.75 Å². The Kier molecular flexibility index (Phi) is 5.20. The third-order valence-electron chi connectivity index (χ3n) is 3.36. The molecule has 1 N–H and O–H groups in total. The molecule has 0 fully saturated rings. The lowest BCUT2D eigenvalue weighted by Crippen LogP contribution is -2.10. The van der Waals surface area contributed by atoms with Crippen LogP contribution in [0.4, 0.5) is 4.79 Å². The van der Waals surface area contributed by atoms with Crippen molar-refractivity contribution in [1.82, 2.24) is 0 Å². The van der Waals surface area contributed by atoms with Crippen molar-refractivity contribution in [3.8, 4) is 5.75 Å². The molecule has 0 unspecified atom stereocenters. The van der Waals surface area contributed by atoms with Gasteiger partial charge in [-0.05, 0) is 54.0 Å². The molecule has 1 aromatic rings. The molecule has 0 aliphatic rings. The number of carbonyl (C=O) groups is 1. The number of benzene rings is 1. The van der Waals surface area contributed by atoms with E-state index in [4.69, 9.17) is 9.84 Å². The Morgan fingerprint density at radius 1 is 1.00 bits per heavy atom. The molecule has 0 atom stereocenters. The van der Waals surface area contributed by atoms with Crippen LogP contribution < -0.4 is 4.74 Å². The molecular weight excluding hydrogens is 228 g/mol. The van der Waals surface area contributed by atoms with E-state index in [-0.39, 0.29) is 0 Å². The number of hydrogen-bond donors (Lipinski definition) is 1. The van der Waals surface area contributed by atoms with Crippen LogP contribution >= 0.6 is 0 Å². The standard InChI is InChI=1S/C15H22O3/c1-5-10-9-14(18-15(16)17)13(8-4)12(7-3)11(10)6-2/h9H,5-8H2,1-4H3,(H,16,17). The number of rotatable bonds is 5. The van der Waals surface area contributed by atoms with Gasteiger partial charge in [-0.2, -0.15) is 0 Å². The molecule has 0 spiro atoms. The monoisotopic (exact) mass is 250 g/mol. The first-order valence-electron chi connectivity index (χ1n) is 6.66. The van der Waals surface area contributed by atoms with Gasteiger partial charge in [-0.1, -0.05) is 27.7 Å². The summed E-state index contributed by atoms with van der Waals surface area (Å²) in [4.78, 5) is 10.8. The fourth-order valence-electron chi connectivity index (χ4n) is 2.61. The third-order valence-corrected chi connectivity index (χ3v) is 3.36. The minimum Gasteiger partial charge on any atom is -0.449 e. The second kappa shape index (κ2) is 6.43. The van der Waals surface area contributed by atoms with Gasteiger partial charge in [0.2, 0.25) is 0 Å². The predicted molar refractivity (Wildman–Crippen MR) is 72.6 cm³/mol.